The third-order valence-electron chi connectivity index (χ3n) is 4.10. The normalized spacial score (nSPS) is 25.1. The van der Waals surface area contributed by atoms with Crippen LogP contribution in [0, 0.1) is 21.4 Å². The van der Waals surface area contributed by atoms with Crippen LogP contribution < -0.4 is 4.90 Å². The number of nitro groups is 1. The molecule has 0 bridgehead atoms. The highest BCUT2D eigenvalue weighted by Crippen LogP contribution is 2.35. The molecule has 0 amide bonds. The maximum atomic E-state index is 10.8. The van der Waals surface area contributed by atoms with Gasteiger partial charge >= 0.3 is 0 Å². The van der Waals surface area contributed by atoms with Gasteiger partial charge in [0, 0.05) is 18.7 Å². The van der Waals surface area contributed by atoms with Crippen LogP contribution in [0.2, 0.25) is 0 Å². The molecule has 0 aromatic heterocycles. The Balaban J connectivity index is 1.97. The summed E-state index contributed by atoms with van der Waals surface area (Å²) in [5.41, 5.74) is 1.12. The molecule has 104 valence electrons. The number of nitro benzene ring substituents is 1. The van der Waals surface area contributed by atoms with Gasteiger partial charge in [0.05, 0.1) is 34.9 Å². The van der Waals surface area contributed by atoms with E-state index in [-0.39, 0.29) is 17.8 Å². The largest absolute Gasteiger partial charge is 0.374 e. The van der Waals surface area contributed by atoms with E-state index < -0.39 is 4.92 Å². The van der Waals surface area contributed by atoms with Gasteiger partial charge in [0.25, 0.3) is 5.69 Å². The van der Waals surface area contributed by atoms with Crippen LogP contribution in [0.1, 0.15) is 24.8 Å². The third-order valence-corrected chi connectivity index (χ3v) is 4.10. The van der Waals surface area contributed by atoms with Crippen molar-refractivity contribution < 1.29 is 9.66 Å². The second kappa shape index (κ2) is 5.10. The number of fused-ring (bicyclic) bond motifs is 1. The highest BCUT2D eigenvalue weighted by molar-refractivity contribution is 5.63. The Kier molecular flexibility index (Phi) is 3.28. The van der Waals surface area contributed by atoms with Crippen molar-refractivity contribution in [3.8, 4) is 6.07 Å². The molecule has 0 spiro atoms. The van der Waals surface area contributed by atoms with Crippen LogP contribution in [-0.4, -0.2) is 30.2 Å². The lowest BCUT2D eigenvalue weighted by Crippen LogP contribution is -2.48. The number of rotatable bonds is 2. The maximum absolute atomic E-state index is 10.8. The van der Waals surface area contributed by atoms with Gasteiger partial charge in [-0.25, -0.2) is 0 Å². The van der Waals surface area contributed by atoms with E-state index >= 15 is 0 Å². The van der Waals surface area contributed by atoms with E-state index in [2.05, 4.69) is 11.0 Å². The molecule has 1 aliphatic heterocycles. The molecule has 0 N–H and O–H groups in total. The zero-order chi connectivity index (χ0) is 14.1. The molecule has 20 heavy (non-hydrogen) atoms. The summed E-state index contributed by atoms with van der Waals surface area (Å²) in [6.45, 7) is 1.37. The third kappa shape index (κ3) is 2.10. The Labute approximate surface area is 116 Å². The second-order valence-corrected chi connectivity index (χ2v) is 5.17. The van der Waals surface area contributed by atoms with Gasteiger partial charge in [-0.15, -0.1) is 0 Å². The molecule has 2 atom stereocenters. The molecule has 6 nitrogen and oxygen atoms in total. The summed E-state index contributed by atoms with van der Waals surface area (Å²) in [4.78, 5) is 12.5. The topological polar surface area (TPSA) is 79.4 Å². The van der Waals surface area contributed by atoms with Crippen LogP contribution in [0.25, 0.3) is 0 Å². The van der Waals surface area contributed by atoms with E-state index in [1.165, 1.54) is 12.1 Å². The molecule has 6 heteroatoms. The molecular weight excluding hydrogens is 258 g/mol. The Bertz CT molecular complexity index is 582. The van der Waals surface area contributed by atoms with E-state index in [0.29, 0.717) is 12.2 Å². The Morgan fingerprint density at radius 3 is 3.05 bits per heavy atom. The summed E-state index contributed by atoms with van der Waals surface area (Å²) in [6, 6.07) is 6.89. The predicted octanol–water partition coefficient (Wildman–Crippen LogP) is 2.22. The number of anilines is 1. The number of hydrogen-bond acceptors (Lipinski definition) is 5. The van der Waals surface area contributed by atoms with Gasteiger partial charge in [0.15, 0.2) is 0 Å². The fourth-order valence-electron chi connectivity index (χ4n) is 3.20. The molecule has 2 unspecified atom stereocenters. The minimum Gasteiger partial charge on any atom is -0.374 e. The van der Waals surface area contributed by atoms with Crippen LogP contribution in [0.3, 0.4) is 0 Å². The summed E-state index contributed by atoms with van der Waals surface area (Å²) >= 11 is 0. The van der Waals surface area contributed by atoms with Gasteiger partial charge in [-0.1, -0.05) is 0 Å². The zero-order valence-corrected chi connectivity index (χ0v) is 11.0. The van der Waals surface area contributed by atoms with Gasteiger partial charge in [-0.3, -0.25) is 10.1 Å². The Morgan fingerprint density at radius 2 is 2.30 bits per heavy atom. The summed E-state index contributed by atoms with van der Waals surface area (Å²) < 4.78 is 5.76. The standard InChI is InChI=1S/C14H15N3O3/c15-9-10-8-11(17(18)19)4-5-12(10)16-6-7-20-14-3-1-2-13(14)16/h4-5,8,13-14H,1-3,6-7H2. The summed E-state index contributed by atoms with van der Waals surface area (Å²) in [5, 5.41) is 20.1. The minimum atomic E-state index is -0.470. The van der Waals surface area contributed by atoms with Gasteiger partial charge in [-0.2, -0.15) is 5.26 Å². The van der Waals surface area contributed by atoms with Crippen molar-refractivity contribution in [3.63, 3.8) is 0 Å². The zero-order valence-electron chi connectivity index (χ0n) is 11.0. The van der Waals surface area contributed by atoms with Crippen LogP contribution in [0.15, 0.2) is 18.2 Å². The van der Waals surface area contributed by atoms with E-state index in [0.717, 1.165) is 31.5 Å². The van der Waals surface area contributed by atoms with Gasteiger partial charge in [0.2, 0.25) is 0 Å². The van der Waals surface area contributed by atoms with Crippen molar-refractivity contribution in [1.29, 1.82) is 5.26 Å². The second-order valence-electron chi connectivity index (χ2n) is 5.17. The number of morpholine rings is 1. The van der Waals surface area contributed by atoms with Crippen LogP contribution in [0.4, 0.5) is 11.4 Å². The van der Waals surface area contributed by atoms with Gasteiger partial charge in [0.1, 0.15) is 6.07 Å². The first-order valence-corrected chi connectivity index (χ1v) is 6.77. The molecule has 3 rings (SSSR count). The van der Waals surface area contributed by atoms with Crippen LogP contribution >= 0.6 is 0 Å². The van der Waals surface area contributed by atoms with Crippen molar-refractivity contribution in [2.75, 3.05) is 18.1 Å². The number of non-ortho nitro benzene ring substituents is 1. The van der Waals surface area contributed by atoms with Gasteiger partial charge < -0.3 is 9.64 Å². The molecule has 2 aliphatic rings. The molecule has 0 radical (unpaired) electrons. The average Bonchev–Trinajstić information content (AvgIpc) is 2.94. The average molecular weight is 273 g/mol. The van der Waals surface area contributed by atoms with Crippen molar-refractivity contribution in [2.24, 2.45) is 0 Å². The SMILES string of the molecule is N#Cc1cc([N+](=O)[O-])ccc1N1CCOC2CCCC21. The highest BCUT2D eigenvalue weighted by Gasteiger charge is 2.37. The highest BCUT2D eigenvalue weighted by atomic mass is 16.6. The first kappa shape index (κ1) is 12.9. The number of hydrogen-bond donors (Lipinski definition) is 0. The van der Waals surface area contributed by atoms with Crippen molar-refractivity contribution >= 4 is 11.4 Å². The van der Waals surface area contributed by atoms with Crippen LogP contribution in [-0.2, 0) is 4.74 Å². The molecule has 1 saturated carbocycles. The lowest BCUT2D eigenvalue weighted by atomic mass is 10.1. The van der Waals surface area contributed by atoms with Crippen molar-refractivity contribution in [2.45, 2.75) is 31.4 Å². The van der Waals surface area contributed by atoms with Crippen molar-refractivity contribution in [1.82, 2.24) is 0 Å². The molecule has 1 heterocycles. The molecule has 1 aromatic carbocycles. The fraction of sp³-hybridized carbons (Fsp3) is 0.500. The first-order chi connectivity index (χ1) is 9.70. The first-order valence-electron chi connectivity index (χ1n) is 6.77. The molecule has 1 saturated heterocycles. The molecular formula is C14H15N3O3. The lowest BCUT2D eigenvalue weighted by Gasteiger charge is -2.39. The smallest absolute Gasteiger partial charge is 0.270 e. The summed E-state index contributed by atoms with van der Waals surface area (Å²) in [6.07, 6.45) is 3.45. The Morgan fingerprint density at radius 1 is 1.45 bits per heavy atom. The van der Waals surface area contributed by atoms with E-state index in [9.17, 15) is 15.4 Å². The predicted molar refractivity (Wildman–Crippen MR) is 72.5 cm³/mol. The molecule has 1 aliphatic carbocycles. The Hall–Kier alpha value is -2.13. The van der Waals surface area contributed by atoms with Crippen molar-refractivity contribution in [3.05, 3.63) is 33.9 Å². The number of benzene rings is 1. The van der Waals surface area contributed by atoms with Gasteiger partial charge in [-0.05, 0) is 25.3 Å². The number of nitriles is 1. The minimum absolute atomic E-state index is 0.0402. The number of nitrogens with zero attached hydrogens (tertiary/aromatic N) is 3. The van der Waals surface area contributed by atoms with E-state index in [1.807, 2.05) is 0 Å². The quantitative estimate of drug-likeness (QED) is 0.609. The monoisotopic (exact) mass is 273 g/mol. The molecule has 1 aromatic rings. The lowest BCUT2D eigenvalue weighted by molar-refractivity contribution is -0.384. The summed E-state index contributed by atoms with van der Waals surface area (Å²) in [5.74, 6) is 0. The van der Waals surface area contributed by atoms with E-state index in [4.69, 9.17) is 4.74 Å². The fourth-order valence-corrected chi connectivity index (χ4v) is 3.20. The van der Waals surface area contributed by atoms with Crippen LogP contribution in [0.5, 0.6) is 0 Å². The van der Waals surface area contributed by atoms with E-state index in [1.54, 1.807) is 6.07 Å². The number of ether oxygens (including phenoxy) is 1. The molecule has 2 fully saturated rings. The summed E-state index contributed by atoms with van der Waals surface area (Å²) in [7, 11) is 0. The maximum Gasteiger partial charge on any atom is 0.270 e.